The van der Waals surface area contributed by atoms with Gasteiger partial charge in [-0.2, -0.15) is 4.98 Å². The Hall–Kier alpha value is -1.39. The minimum Gasteiger partial charge on any atom is -0.436 e. The van der Waals surface area contributed by atoms with E-state index in [1.54, 1.807) is 6.07 Å². The van der Waals surface area contributed by atoms with Crippen molar-refractivity contribution >= 4 is 23.2 Å². The lowest BCUT2D eigenvalue weighted by Crippen LogP contribution is -2.16. The largest absolute Gasteiger partial charge is 0.436 e. The zero-order valence-corrected chi connectivity index (χ0v) is 12.8. The molecule has 1 aromatic carbocycles. The maximum atomic E-state index is 13.8. The van der Waals surface area contributed by atoms with Crippen molar-refractivity contribution in [3.8, 4) is 11.6 Å². The van der Waals surface area contributed by atoms with Gasteiger partial charge in [0.15, 0.2) is 11.6 Å². The second-order valence-electron chi connectivity index (χ2n) is 5.26. The molecule has 0 atom stereocenters. The first-order valence-electron chi connectivity index (χ1n) is 5.94. The fourth-order valence-corrected chi connectivity index (χ4v) is 1.80. The maximum absolute atomic E-state index is 13.8. The molecule has 0 aliphatic rings. The highest BCUT2D eigenvalue weighted by Crippen LogP contribution is 2.30. The van der Waals surface area contributed by atoms with E-state index in [-0.39, 0.29) is 27.2 Å². The molecule has 0 N–H and O–H groups in total. The van der Waals surface area contributed by atoms with Gasteiger partial charge in [-0.1, -0.05) is 50.0 Å². The average Bonchev–Trinajstić information content (AvgIpc) is 2.33. The van der Waals surface area contributed by atoms with Crippen LogP contribution < -0.4 is 4.74 Å². The van der Waals surface area contributed by atoms with E-state index < -0.39 is 5.82 Å². The second-order valence-corrected chi connectivity index (χ2v) is 6.05. The maximum Gasteiger partial charge on any atom is 0.224 e. The zero-order valence-electron chi connectivity index (χ0n) is 11.2. The van der Waals surface area contributed by atoms with E-state index in [1.807, 2.05) is 20.8 Å². The lowest BCUT2D eigenvalue weighted by molar-refractivity contribution is 0.417. The molecular weight excluding hydrogens is 302 g/mol. The number of rotatable bonds is 2. The highest BCUT2D eigenvalue weighted by Gasteiger charge is 2.20. The van der Waals surface area contributed by atoms with E-state index in [4.69, 9.17) is 27.9 Å². The molecule has 2 rings (SSSR count). The van der Waals surface area contributed by atoms with Crippen LogP contribution in [0.2, 0.25) is 10.2 Å². The first kappa shape index (κ1) is 15.0. The number of ether oxygens (including phenoxy) is 1. The predicted molar refractivity (Wildman–Crippen MR) is 77.2 cm³/mol. The third-order valence-corrected chi connectivity index (χ3v) is 2.96. The highest BCUT2D eigenvalue weighted by atomic mass is 35.5. The van der Waals surface area contributed by atoms with Gasteiger partial charge in [-0.15, -0.1) is 0 Å². The monoisotopic (exact) mass is 314 g/mol. The van der Waals surface area contributed by atoms with Crippen LogP contribution in [0.15, 0.2) is 24.3 Å². The van der Waals surface area contributed by atoms with E-state index >= 15 is 0 Å². The fraction of sp³-hybridized carbons (Fsp3) is 0.286. The third kappa shape index (κ3) is 3.38. The van der Waals surface area contributed by atoms with Crippen molar-refractivity contribution < 1.29 is 9.13 Å². The normalized spacial score (nSPS) is 11.5. The standard InChI is InChI=1S/C14H13Cl2FN2O/c1-14(2,3)13-18-10(16)7-11(19-13)20-9-6-4-5-8(15)12(9)17/h4-7H,1-3H3. The smallest absolute Gasteiger partial charge is 0.224 e. The van der Waals surface area contributed by atoms with Gasteiger partial charge in [-0.25, -0.2) is 9.37 Å². The lowest BCUT2D eigenvalue weighted by atomic mass is 9.96. The van der Waals surface area contributed by atoms with Crippen LogP contribution in [0.25, 0.3) is 0 Å². The van der Waals surface area contributed by atoms with E-state index in [2.05, 4.69) is 9.97 Å². The van der Waals surface area contributed by atoms with Gasteiger partial charge < -0.3 is 4.74 Å². The number of hydrogen-bond donors (Lipinski definition) is 0. The molecule has 0 saturated carbocycles. The molecular formula is C14H13Cl2FN2O. The van der Waals surface area contributed by atoms with Crippen molar-refractivity contribution in [3.05, 3.63) is 46.1 Å². The molecule has 106 valence electrons. The Balaban J connectivity index is 2.39. The molecule has 3 nitrogen and oxygen atoms in total. The van der Waals surface area contributed by atoms with Crippen LogP contribution in [0.1, 0.15) is 26.6 Å². The first-order chi connectivity index (χ1) is 9.27. The SMILES string of the molecule is CC(C)(C)c1nc(Cl)cc(Oc2cccc(Cl)c2F)n1. The summed E-state index contributed by atoms with van der Waals surface area (Å²) in [4.78, 5) is 8.38. The summed E-state index contributed by atoms with van der Waals surface area (Å²) in [6.45, 7) is 5.84. The summed E-state index contributed by atoms with van der Waals surface area (Å²) >= 11 is 11.6. The molecule has 0 amide bonds. The van der Waals surface area contributed by atoms with Gasteiger partial charge in [0.2, 0.25) is 5.88 Å². The molecule has 0 aliphatic carbocycles. The Morgan fingerprint density at radius 3 is 2.50 bits per heavy atom. The highest BCUT2D eigenvalue weighted by molar-refractivity contribution is 6.30. The van der Waals surface area contributed by atoms with Crippen molar-refractivity contribution in [1.29, 1.82) is 0 Å². The third-order valence-electron chi connectivity index (χ3n) is 2.47. The van der Waals surface area contributed by atoms with Crippen LogP contribution >= 0.6 is 23.2 Å². The fourth-order valence-electron chi connectivity index (χ4n) is 1.46. The minimum atomic E-state index is -0.638. The van der Waals surface area contributed by atoms with Crippen LogP contribution in [0.5, 0.6) is 11.6 Å². The molecule has 0 unspecified atom stereocenters. The summed E-state index contributed by atoms with van der Waals surface area (Å²) < 4.78 is 19.2. The van der Waals surface area contributed by atoms with E-state index in [0.717, 1.165) is 0 Å². The summed E-state index contributed by atoms with van der Waals surface area (Å²) in [5.74, 6) is 0.0480. The van der Waals surface area contributed by atoms with Crippen molar-refractivity contribution in [3.63, 3.8) is 0 Å². The molecule has 0 spiro atoms. The summed E-state index contributed by atoms with van der Waals surface area (Å²) in [7, 11) is 0. The molecule has 0 bridgehead atoms. The average molecular weight is 315 g/mol. The van der Waals surface area contributed by atoms with E-state index in [1.165, 1.54) is 18.2 Å². The number of hydrogen-bond acceptors (Lipinski definition) is 3. The summed E-state index contributed by atoms with van der Waals surface area (Å²) in [6.07, 6.45) is 0. The Kier molecular flexibility index (Phi) is 4.16. The minimum absolute atomic E-state index is 0.00729. The summed E-state index contributed by atoms with van der Waals surface area (Å²) in [5.41, 5.74) is -0.296. The molecule has 0 fully saturated rings. The van der Waals surface area contributed by atoms with Crippen LogP contribution in [0.3, 0.4) is 0 Å². The van der Waals surface area contributed by atoms with Gasteiger partial charge in [0, 0.05) is 11.5 Å². The summed E-state index contributed by atoms with van der Waals surface area (Å²) in [5, 5.41) is 0.223. The number of nitrogens with zero attached hydrogens (tertiary/aromatic N) is 2. The van der Waals surface area contributed by atoms with Gasteiger partial charge in [0.05, 0.1) is 5.02 Å². The second kappa shape index (κ2) is 5.54. The van der Waals surface area contributed by atoms with Gasteiger partial charge in [0.25, 0.3) is 0 Å². The Bertz CT molecular complexity index is 642. The van der Waals surface area contributed by atoms with Gasteiger partial charge in [0.1, 0.15) is 11.0 Å². The van der Waals surface area contributed by atoms with Crippen LogP contribution in [0.4, 0.5) is 4.39 Å². The van der Waals surface area contributed by atoms with Crippen molar-refractivity contribution in [2.45, 2.75) is 26.2 Å². The molecule has 20 heavy (non-hydrogen) atoms. The molecule has 0 radical (unpaired) electrons. The molecule has 0 aliphatic heterocycles. The quantitative estimate of drug-likeness (QED) is 0.731. The van der Waals surface area contributed by atoms with Crippen LogP contribution in [-0.2, 0) is 5.41 Å². The van der Waals surface area contributed by atoms with Crippen LogP contribution in [0, 0.1) is 5.82 Å². The Morgan fingerprint density at radius 1 is 1.15 bits per heavy atom. The van der Waals surface area contributed by atoms with Gasteiger partial charge in [-0.05, 0) is 12.1 Å². The van der Waals surface area contributed by atoms with E-state index in [0.29, 0.717) is 5.82 Å². The van der Waals surface area contributed by atoms with E-state index in [9.17, 15) is 4.39 Å². The van der Waals surface area contributed by atoms with Gasteiger partial charge in [-0.3, -0.25) is 0 Å². The van der Waals surface area contributed by atoms with Gasteiger partial charge >= 0.3 is 0 Å². The Labute approximate surface area is 126 Å². The summed E-state index contributed by atoms with van der Waals surface area (Å²) in [6, 6.07) is 5.93. The molecule has 1 heterocycles. The van der Waals surface area contributed by atoms with Crippen LogP contribution in [-0.4, -0.2) is 9.97 Å². The number of halogens is 3. The zero-order chi connectivity index (χ0) is 14.9. The Morgan fingerprint density at radius 2 is 1.85 bits per heavy atom. The lowest BCUT2D eigenvalue weighted by Gasteiger charge is -2.17. The number of benzene rings is 1. The number of aromatic nitrogens is 2. The first-order valence-corrected chi connectivity index (χ1v) is 6.70. The molecule has 0 saturated heterocycles. The van der Waals surface area contributed by atoms with Crippen molar-refractivity contribution in [1.82, 2.24) is 9.97 Å². The van der Waals surface area contributed by atoms with Crippen molar-refractivity contribution in [2.75, 3.05) is 0 Å². The molecule has 6 heteroatoms. The topological polar surface area (TPSA) is 35.0 Å². The molecule has 2 aromatic rings. The van der Waals surface area contributed by atoms with Crippen molar-refractivity contribution in [2.24, 2.45) is 0 Å². The predicted octanol–water partition coefficient (Wildman–Crippen LogP) is 5.01. The molecule has 1 aromatic heterocycles.